The summed E-state index contributed by atoms with van der Waals surface area (Å²) in [5.74, 6) is -3.11. The summed E-state index contributed by atoms with van der Waals surface area (Å²) >= 11 is 0.547. The van der Waals surface area contributed by atoms with E-state index in [1.807, 2.05) is 0 Å². The molecule has 4 aromatic carbocycles. The molecule has 0 spiro atoms. The third kappa shape index (κ3) is 6.44. The minimum absolute atomic E-state index is 0. The van der Waals surface area contributed by atoms with Gasteiger partial charge in [0.05, 0.1) is 28.3 Å². The van der Waals surface area contributed by atoms with E-state index in [4.69, 9.17) is 0 Å². The number of allylic oxidation sites excluding steroid dienone is 2. The molecule has 0 N–H and O–H groups in total. The summed E-state index contributed by atoms with van der Waals surface area (Å²) in [6.07, 6.45) is 0. The summed E-state index contributed by atoms with van der Waals surface area (Å²) in [5.41, 5.74) is -0.669. The quantitative estimate of drug-likeness (QED) is 0.0525. The summed E-state index contributed by atoms with van der Waals surface area (Å²) in [6.45, 7) is 0. The summed E-state index contributed by atoms with van der Waals surface area (Å²) in [4.78, 5) is 57.7. The van der Waals surface area contributed by atoms with Crippen LogP contribution in [-0.4, -0.2) is 36.4 Å². The van der Waals surface area contributed by atoms with Gasteiger partial charge >= 0.3 is 59.1 Å². The van der Waals surface area contributed by atoms with Gasteiger partial charge in [0, 0.05) is 27.1 Å². The van der Waals surface area contributed by atoms with Crippen molar-refractivity contribution in [1.82, 2.24) is 0 Å². The van der Waals surface area contributed by atoms with E-state index in [0.717, 1.165) is 21.9 Å². The zero-order chi connectivity index (χ0) is 31.2. The molecule has 6 rings (SSSR count). The molecular formula is C30H16N2Na2O10S2. The molecule has 0 saturated heterocycles. The second-order valence-electron chi connectivity index (χ2n) is 9.40. The molecule has 12 nitrogen and oxygen atoms in total. The molecule has 0 aromatic heterocycles. The van der Waals surface area contributed by atoms with Crippen LogP contribution in [0.1, 0.15) is 41.4 Å². The van der Waals surface area contributed by atoms with Gasteiger partial charge in [-0.05, 0) is 60.7 Å². The van der Waals surface area contributed by atoms with Gasteiger partial charge in [-0.25, -0.2) is 8.42 Å². The first-order chi connectivity index (χ1) is 21.1. The number of hydrogen-bond donors (Lipinski definition) is 0. The molecule has 0 radical (unpaired) electrons. The normalized spacial score (nSPS) is 15.2. The van der Waals surface area contributed by atoms with E-state index in [0.29, 0.717) is 16.9 Å². The number of rotatable bonds is 6. The Balaban J connectivity index is 0.00000240. The summed E-state index contributed by atoms with van der Waals surface area (Å²) in [5, 5.41) is 13.7. The minimum atomic E-state index is -4.93. The molecule has 0 saturated carbocycles. The third-order valence-electron chi connectivity index (χ3n) is 6.90. The Morgan fingerprint density at radius 1 is 0.674 bits per heavy atom. The molecule has 46 heavy (non-hydrogen) atoms. The maximum absolute atomic E-state index is 14.1. The third-order valence-corrected chi connectivity index (χ3v) is 8.30. The van der Waals surface area contributed by atoms with Crippen molar-refractivity contribution in [3.05, 3.63) is 131 Å². The van der Waals surface area contributed by atoms with Crippen molar-refractivity contribution >= 4 is 56.9 Å². The number of carbonyl (C=O) groups is 4. The summed E-state index contributed by atoms with van der Waals surface area (Å²) in [7, 11) is -4.93. The fraction of sp³-hybridized carbons (Fsp3) is 0. The molecule has 16 heteroatoms. The van der Waals surface area contributed by atoms with E-state index in [-0.39, 0.29) is 92.7 Å². The van der Waals surface area contributed by atoms with Crippen LogP contribution in [0.4, 0.5) is 11.4 Å². The number of benzene rings is 4. The second kappa shape index (κ2) is 14.4. The molecule has 2 heterocycles. The number of fused-ring (bicyclic) bond motifs is 2. The van der Waals surface area contributed by atoms with E-state index in [9.17, 15) is 37.4 Å². The molecule has 4 aromatic rings. The smallest absolute Gasteiger partial charge is 0.744 e. The maximum atomic E-state index is 14.1. The van der Waals surface area contributed by atoms with E-state index in [2.05, 4.69) is 9.37 Å². The number of amides is 2. The molecule has 0 aliphatic carbocycles. The Kier molecular flexibility index (Phi) is 11.3. The zero-order valence-corrected chi connectivity index (χ0v) is 29.7. The van der Waals surface area contributed by atoms with Crippen molar-refractivity contribution in [3.63, 3.8) is 0 Å². The van der Waals surface area contributed by atoms with E-state index >= 15 is 0 Å². The van der Waals surface area contributed by atoms with Gasteiger partial charge in [0.1, 0.15) is 21.5 Å². The number of nitrogens with zero attached hydrogens (tertiary/aromatic N) is 2. The van der Waals surface area contributed by atoms with E-state index in [1.54, 1.807) is 24.3 Å². The predicted octanol–water partition coefficient (Wildman–Crippen LogP) is -2.57. The van der Waals surface area contributed by atoms with Crippen LogP contribution in [0.2, 0.25) is 0 Å². The van der Waals surface area contributed by atoms with Crippen molar-refractivity contribution in [3.8, 4) is 0 Å². The van der Waals surface area contributed by atoms with Crippen molar-refractivity contribution < 1.29 is 106 Å². The first-order valence-electron chi connectivity index (χ1n) is 12.6. The van der Waals surface area contributed by atoms with Crippen LogP contribution < -0.4 is 74.2 Å². The fourth-order valence-electron chi connectivity index (χ4n) is 5.05. The van der Waals surface area contributed by atoms with Gasteiger partial charge in [0.15, 0.2) is 0 Å². The molecule has 0 fully saturated rings. The average Bonchev–Trinajstić information content (AvgIpc) is 3.49. The summed E-state index contributed by atoms with van der Waals surface area (Å²) in [6, 6.07) is 22.4. The second-order valence-corrected chi connectivity index (χ2v) is 11.6. The van der Waals surface area contributed by atoms with Crippen molar-refractivity contribution in [2.75, 3.05) is 9.80 Å². The molecule has 220 valence electrons. The molecule has 2 amide bonds. The van der Waals surface area contributed by atoms with Gasteiger partial charge in [-0.1, -0.05) is 36.4 Å². The Labute approximate surface area is 310 Å². The topological polar surface area (TPSA) is 173 Å². The monoisotopic (exact) mass is 674 g/mol. The maximum Gasteiger partial charge on any atom is 1.00 e. The predicted molar refractivity (Wildman–Crippen MR) is 151 cm³/mol. The number of carbonyl (C=O) groups excluding carboxylic acids is 4. The Morgan fingerprint density at radius 2 is 1.15 bits per heavy atom. The standard InChI is InChI=1S/C30H18N2O10S2.2Na/c33-27-21-11-1-3-13-23(21)31(29(35)17-7-5-9-19(15-17)43-42-41-37)25(27)26-28(34)22-12-2-4-14-24(22)32(26)30(36)18-8-6-10-20(16-18)44(38,39)40;;/h1-16,37H,(H,38,39,40);;/q;2*+1/p-2/b26-25+;;. The van der Waals surface area contributed by atoms with Crippen LogP contribution in [0.25, 0.3) is 0 Å². The van der Waals surface area contributed by atoms with Crippen LogP contribution in [-0.2, 0) is 19.5 Å². The van der Waals surface area contributed by atoms with Gasteiger partial charge in [-0.3, -0.25) is 34.0 Å². The Morgan fingerprint density at radius 3 is 1.65 bits per heavy atom. The number of anilines is 2. The number of hydrogen-bond acceptors (Lipinski definition) is 11. The largest absolute Gasteiger partial charge is 1.00 e. The Bertz CT molecular complexity index is 2050. The van der Waals surface area contributed by atoms with Crippen LogP contribution in [0.3, 0.4) is 0 Å². The molecule has 0 bridgehead atoms. The van der Waals surface area contributed by atoms with E-state index < -0.39 is 49.8 Å². The summed E-state index contributed by atoms with van der Waals surface area (Å²) < 4.78 is 39.4. The van der Waals surface area contributed by atoms with Crippen LogP contribution >= 0.6 is 12.0 Å². The number of ketones is 2. The van der Waals surface area contributed by atoms with Gasteiger partial charge < -0.3 is 9.81 Å². The van der Waals surface area contributed by atoms with Gasteiger partial charge in [0.25, 0.3) is 11.8 Å². The number of para-hydroxylation sites is 2. The first kappa shape index (κ1) is 35.9. The van der Waals surface area contributed by atoms with Crippen molar-refractivity contribution in [2.45, 2.75) is 9.79 Å². The minimum Gasteiger partial charge on any atom is -0.744 e. The molecule has 0 unspecified atom stereocenters. The zero-order valence-electron chi connectivity index (χ0n) is 24.0. The SMILES string of the molecule is O=C1/C(=C2/C(=O)c3ccccc3N2C(=O)c2cccc(S(=O)(=O)[O-])c2)N(C(=O)c2cccc(SOO[O-])c2)c2ccccc21.[Na+].[Na+]. The van der Waals surface area contributed by atoms with Crippen LogP contribution in [0.15, 0.2) is 118 Å². The molecular weight excluding hydrogens is 658 g/mol. The van der Waals surface area contributed by atoms with Crippen molar-refractivity contribution in [1.29, 1.82) is 0 Å². The number of Topliss-reactive ketones (excluding diaryl/α,β-unsaturated/α-hetero) is 2. The first-order valence-corrected chi connectivity index (χ1v) is 14.8. The Hall–Kier alpha value is -2.96. The van der Waals surface area contributed by atoms with Crippen molar-refractivity contribution in [2.24, 2.45) is 0 Å². The van der Waals surface area contributed by atoms with E-state index in [1.165, 1.54) is 60.7 Å². The average molecular weight is 675 g/mol. The van der Waals surface area contributed by atoms with Crippen LogP contribution in [0.5, 0.6) is 0 Å². The molecule has 0 atom stereocenters. The molecule has 2 aliphatic rings. The fourth-order valence-corrected chi connectivity index (χ4v) is 5.98. The van der Waals surface area contributed by atoms with Crippen LogP contribution in [0, 0.1) is 0 Å². The molecule has 2 aliphatic heterocycles. The van der Waals surface area contributed by atoms with Gasteiger partial charge in [0.2, 0.25) is 11.6 Å². The van der Waals surface area contributed by atoms with Gasteiger partial charge in [-0.15, -0.1) is 0 Å². The van der Waals surface area contributed by atoms with Gasteiger partial charge in [-0.2, -0.15) is 4.33 Å².